The zero-order chi connectivity index (χ0) is 39.4. The Labute approximate surface area is 419 Å². The second-order valence-corrected chi connectivity index (χ2v) is 16.6. The maximum Gasteiger partial charge on any atom is 1.00 e. The minimum atomic E-state index is -5.46. The van der Waals surface area contributed by atoms with Gasteiger partial charge in [-0.15, -0.1) is 0 Å². The number of carbonyl (C=O) groups excluding carboxylic acids is 2. The molecule has 0 amide bonds. The molecule has 0 saturated carbocycles. The van der Waals surface area contributed by atoms with Gasteiger partial charge in [-0.05, 0) is 36.4 Å². The van der Waals surface area contributed by atoms with E-state index in [0.29, 0.717) is 24.3 Å². The van der Waals surface area contributed by atoms with Crippen LogP contribution < -0.4 is 129 Å². The van der Waals surface area contributed by atoms with Crippen LogP contribution in [0.1, 0.15) is 31.8 Å². The van der Waals surface area contributed by atoms with Crippen molar-refractivity contribution in [2.45, 2.75) is 9.79 Å². The maximum absolute atomic E-state index is 13.0. The normalized spacial score (nSPS) is 15.2. The zero-order valence-electron chi connectivity index (χ0n) is 30.5. The summed E-state index contributed by atoms with van der Waals surface area (Å²) in [6, 6.07) is 16.0. The molecule has 2 aliphatic carbocycles. The summed E-state index contributed by atoms with van der Waals surface area (Å²) in [6.45, 7) is 0. The summed E-state index contributed by atoms with van der Waals surface area (Å²) in [5.41, 5.74) is 1.02. The second-order valence-electron chi connectivity index (χ2n) is 11.2. The molecular weight excluding hydrogens is 885 g/mol. The molecule has 0 bridgehead atoms. The SMILES string of the molecule is O=C1C(=NNc2ccc(-c3ccc(NN=C4C=C(S(=O)(=O)[O-])c5ccccc5C4=O)cc3S(=O)(=O)[O-])c(S(=O)(=O)[O-])c2)C=C(S(=O)(=O)[O-])c2ccccc21.[Na+].[Na+].[Na+].[Na+]. The number of nitrogens with one attached hydrogen (secondary N) is 2. The number of ketones is 2. The van der Waals surface area contributed by atoms with Crippen molar-refractivity contribution in [2.75, 3.05) is 10.9 Å². The number of rotatable bonds is 9. The van der Waals surface area contributed by atoms with Gasteiger partial charge in [-0.25, -0.2) is 33.7 Å². The number of allylic oxidation sites excluding steroid dienone is 2. The number of hydrazone groups is 2. The molecule has 0 aromatic heterocycles. The summed E-state index contributed by atoms with van der Waals surface area (Å²) >= 11 is 0. The van der Waals surface area contributed by atoms with Crippen LogP contribution in [-0.4, -0.2) is 74.9 Å². The van der Waals surface area contributed by atoms with Crippen molar-refractivity contribution in [3.8, 4) is 11.1 Å². The molecule has 4 aromatic carbocycles. The van der Waals surface area contributed by atoms with E-state index < -0.39 is 94.2 Å². The van der Waals surface area contributed by atoms with Crippen LogP contribution in [0.15, 0.2) is 117 Å². The van der Waals surface area contributed by atoms with E-state index in [1.54, 1.807) is 0 Å². The Balaban J connectivity index is 0.00000290. The summed E-state index contributed by atoms with van der Waals surface area (Å²) in [6.07, 6.45) is 1.41. The molecule has 0 saturated heterocycles. The smallest absolute Gasteiger partial charge is 0.744 e. The van der Waals surface area contributed by atoms with E-state index in [1.807, 2.05) is 0 Å². The number of hydrogen-bond donors (Lipinski definition) is 2. The Morgan fingerprint density at radius 1 is 0.414 bits per heavy atom. The first-order chi connectivity index (χ1) is 25.1. The van der Waals surface area contributed by atoms with Crippen molar-refractivity contribution in [3.63, 3.8) is 0 Å². The number of hydrogen-bond acceptors (Lipinski definition) is 18. The Kier molecular flexibility index (Phi) is 18.1. The fraction of sp³-hybridized carbons (Fsp3) is 0. The molecule has 0 aliphatic heterocycles. The number of Topliss-reactive ketones (excluding diaryl/α,β-unsaturated/α-hetero) is 2. The molecule has 0 unspecified atom stereocenters. The van der Waals surface area contributed by atoms with Crippen molar-refractivity contribution in [2.24, 2.45) is 10.2 Å². The summed E-state index contributed by atoms with van der Waals surface area (Å²) in [5.74, 6) is -1.63. The number of anilines is 2. The average molecular weight is 903 g/mol. The van der Waals surface area contributed by atoms with Gasteiger partial charge in [0.05, 0.1) is 31.0 Å². The third-order valence-electron chi connectivity index (χ3n) is 7.82. The van der Waals surface area contributed by atoms with Gasteiger partial charge in [0.15, 0.2) is 0 Å². The van der Waals surface area contributed by atoms with E-state index in [1.165, 1.54) is 48.5 Å². The fourth-order valence-corrected chi connectivity index (χ4v) is 8.32. The van der Waals surface area contributed by atoms with Gasteiger partial charge in [-0.1, -0.05) is 60.7 Å². The number of fused-ring (bicyclic) bond motifs is 2. The van der Waals surface area contributed by atoms with E-state index in [4.69, 9.17) is 0 Å². The van der Waals surface area contributed by atoms with E-state index >= 15 is 0 Å². The van der Waals surface area contributed by atoms with Crippen LogP contribution in [0.5, 0.6) is 0 Å². The van der Waals surface area contributed by atoms with Gasteiger partial charge in [-0.3, -0.25) is 20.4 Å². The molecule has 0 atom stereocenters. The Morgan fingerprint density at radius 3 is 1.02 bits per heavy atom. The van der Waals surface area contributed by atoms with Crippen molar-refractivity contribution >= 4 is 84.6 Å². The Morgan fingerprint density at radius 2 is 0.724 bits per heavy atom. The van der Waals surface area contributed by atoms with E-state index in [-0.39, 0.29) is 152 Å². The van der Waals surface area contributed by atoms with Gasteiger partial charge in [0.2, 0.25) is 11.6 Å². The molecule has 278 valence electrons. The maximum atomic E-state index is 13.0. The van der Waals surface area contributed by atoms with Crippen LogP contribution >= 0.6 is 0 Å². The standard InChI is InChI=1S/C32H22N4O14S4.4Na/c37-31-23-7-3-1-5-19(23)29(53(45,46)47)15-25(31)35-33-17-9-11-21(27(13-17)51(39,40)41)22-12-10-18(14-28(22)52(42,43)44)34-36-26-16-30(54(48,49)50)20-6-2-4-8-24(20)32(26)38;;;;/h1-16,33-34H,(H,39,40,41)(H,42,43,44)(H,45,46,47)(H,48,49,50);;;;/q;4*+1/p-4. The molecule has 26 heteroatoms. The van der Waals surface area contributed by atoms with Gasteiger partial charge in [0.1, 0.15) is 51.9 Å². The van der Waals surface area contributed by atoms with Crippen LogP contribution in [0.25, 0.3) is 20.9 Å². The number of nitrogens with zero attached hydrogens (tertiary/aromatic N) is 2. The molecule has 2 aliphatic rings. The predicted molar refractivity (Wildman–Crippen MR) is 187 cm³/mol. The Hall–Kier alpha value is -1.72. The van der Waals surface area contributed by atoms with Crippen LogP contribution in [0.2, 0.25) is 0 Å². The van der Waals surface area contributed by atoms with Gasteiger partial charge in [0.25, 0.3) is 0 Å². The van der Waals surface area contributed by atoms with Gasteiger partial charge in [-0.2, -0.15) is 10.2 Å². The third kappa shape index (κ3) is 11.4. The zero-order valence-corrected chi connectivity index (χ0v) is 41.7. The minimum absolute atomic E-state index is 0. The topological polar surface area (TPSA) is 312 Å². The minimum Gasteiger partial charge on any atom is -0.744 e. The molecule has 58 heavy (non-hydrogen) atoms. The number of benzene rings is 4. The monoisotopic (exact) mass is 902 g/mol. The summed E-state index contributed by atoms with van der Waals surface area (Å²) in [5, 5.41) is 7.56. The molecule has 0 fully saturated rings. The average Bonchev–Trinajstić information content (AvgIpc) is 3.09. The van der Waals surface area contributed by atoms with Crippen molar-refractivity contribution < 1.29 is 180 Å². The number of carbonyl (C=O) groups is 2. The van der Waals surface area contributed by atoms with E-state index in [2.05, 4.69) is 21.1 Å². The molecule has 0 heterocycles. The fourth-order valence-electron chi connectivity index (χ4n) is 5.47. The van der Waals surface area contributed by atoms with Crippen molar-refractivity contribution in [3.05, 3.63) is 119 Å². The molecule has 0 radical (unpaired) electrons. The molecular formula is C32H18N4Na4O14S4. The molecule has 18 nitrogen and oxygen atoms in total. The van der Waals surface area contributed by atoms with Crippen molar-refractivity contribution in [1.82, 2.24) is 0 Å². The largest absolute Gasteiger partial charge is 1.00 e. The first-order valence-electron chi connectivity index (χ1n) is 14.7. The second kappa shape index (κ2) is 20.0. The van der Waals surface area contributed by atoms with Crippen LogP contribution in [0.3, 0.4) is 0 Å². The predicted octanol–water partition coefficient (Wildman–Crippen LogP) is -9.72. The molecule has 0 spiro atoms. The third-order valence-corrected chi connectivity index (χ3v) is 11.3. The van der Waals surface area contributed by atoms with E-state index in [0.717, 1.165) is 24.3 Å². The van der Waals surface area contributed by atoms with Crippen LogP contribution in [-0.2, 0) is 40.5 Å². The Bertz CT molecular complexity index is 2740. The molecule has 2 N–H and O–H groups in total. The van der Waals surface area contributed by atoms with E-state index in [9.17, 15) is 61.5 Å². The van der Waals surface area contributed by atoms with Gasteiger partial charge < -0.3 is 18.2 Å². The quantitative estimate of drug-likeness (QED) is 0.0895. The summed E-state index contributed by atoms with van der Waals surface area (Å²) in [4.78, 5) is 22.3. The summed E-state index contributed by atoms with van der Waals surface area (Å²) < 4.78 is 146. The molecule has 4 aromatic rings. The van der Waals surface area contributed by atoms with Crippen molar-refractivity contribution in [1.29, 1.82) is 0 Å². The summed E-state index contributed by atoms with van der Waals surface area (Å²) in [7, 11) is -21.1. The first kappa shape index (κ1) is 52.4. The van der Waals surface area contributed by atoms with Gasteiger partial charge >= 0.3 is 118 Å². The van der Waals surface area contributed by atoms with Gasteiger partial charge in [0, 0.05) is 33.4 Å². The van der Waals surface area contributed by atoms with Crippen LogP contribution in [0.4, 0.5) is 11.4 Å². The van der Waals surface area contributed by atoms with Crippen LogP contribution in [0, 0.1) is 0 Å². The first-order valence-corrected chi connectivity index (χ1v) is 20.3. The molecule has 6 rings (SSSR count).